The second kappa shape index (κ2) is 5.84. The SMILES string of the molecule is Cc1cccc(/N=c2\scc(-c3ccc(Cl)cc3)n2C)n1. The quantitative estimate of drug-likeness (QED) is 0.691. The lowest BCUT2D eigenvalue weighted by molar-refractivity contribution is 0.879. The molecule has 0 spiro atoms. The van der Waals surface area contributed by atoms with Crippen molar-refractivity contribution in [2.75, 3.05) is 0 Å². The minimum Gasteiger partial charge on any atom is -0.320 e. The molecule has 0 aliphatic heterocycles. The Labute approximate surface area is 132 Å². The summed E-state index contributed by atoms with van der Waals surface area (Å²) in [6.07, 6.45) is 0. The Morgan fingerprint density at radius 3 is 2.62 bits per heavy atom. The Kier molecular flexibility index (Phi) is 3.90. The number of nitrogens with zero attached hydrogens (tertiary/aromatic N) is 3. The van der Waals surface area contributed by atoms with Crippen LogP contribution in [-0.2, 0) is 7.05 Å². The molecule has 0 bridgehead atoms. The van der Waals surface area contributed by atoms with Crippen LogP contribution in [0, 0.1) is 6.92 Å². The summed E-state index contributed by atoms with van der Waals surface area (Å²) in [4.78, 5) is 9.94. The summed E-state index contributed by atoms with van der Waals surface area (Å²) < 4.78 is 2.07. The normalized spacial score (nSPS) is 11.9. The molecule has 0 fully saturated rings. The molecule has 0 amide bonds. The van der Waals surface area contributed by atoms with Crippen molar-refractivity contribution in [1.29, 1.82) is 0 Å². The molecule has 2 aromatic heterocycles. The number of aromatic nitrogens is 2. The molecule has 1 aromatic carbocycles. The Hall–Kier alpha value is -1.91. The van der Waals surface area contributed by atoms with Crippen LogP contribution in [0.4, 0.5) is 5.82 Å². The minimum absolute atomic E-state index is 0.732. The average molecular weight is 316 g/mol. The van der Waals surface area contributed by atoms with E-state index in [1.165, 1.54) is 0 Å². The van der Waals surface area contributed by atoms with E-state index in [9.17, 15) is 0 Å². The van der Waals surface area contributed by atoms with Crippen molar-refractivity contribution >= 4 is 28.8 Å². The summed E-state index contributed by atoms with van der Waals surface area (Å²) in [6.45, 7) is 1.96. The van der Waals surface area contributed by atoms with Gasteiger partial charge in [-0.2, -0.15) is 0 Å². The molecule has 21 heavy (non-hydrogen) atoms. The summed E-state index contributed by atoms with van der Waals surface area (Å²) >= 11 is 7.53. The highest BCUT2D eigenvalue weighted by Crippen LogP contribution is 2.21. The zero-order valence-electron chi connectivity index (χ0n) is 11.7. The van der Waals surface area contributed by atoms with Gasteiger partial charge in [-0.3, -0.25) is 0 Å². The Balaban J connectivity index is 2.05. The van der Waals surface area contributed by atoms with E-state index in [-0.39, 0.29) is 0 Å². The lowest BCUT2D eigenvalue weighted by Crippen LogP contribution is -2.11. The van der Waals surface area contributed by atoms with E-state index in [2.05, 4.69) is 19.9 Å². The van der Waals surface area contributed by atoms with Crippen LogP contribution in [0.3, 0.4) is 0 Å². The van der Waals surface area contributed by atoms with Gasteiger partial charge in [0.1, 0.15) is 0 Å². The Morgan fingerprint density at radius 1 is 1.14 bits per heavy atom. The van der Waals surface area contributed by atoms with Gasteiger partial charge in [0.15, 0.2) is 10.6 Å². The van der Waals surface area contributed by atoms with E-state index >= 15 is 0 Å². The van der Waals surface area contributed by atoms with Crippen LogP contribution in [0.5, 0.6) is 0 Å². The lowest BCUT2D eigenvalue weighted by Gasteiger charge is -2.02. The smallest absolute Gasteiger partial charge is 0.191 e. The summed E-state index contributed by atoms with van der Waals surface area (Å²) in [5.74, 6) is 0.732. The second-order valence-corrected chi connectivity index (χ2v) is 5.99. The van der Waals surface area contributed by atoms with Gasteiger partial charge in [0.2, 0.25) is 0 Å². The molecule has 106 valence electrons. The fourth-order valence-electron chi connectivity index (χ4n) is 2.04. The fourth-order valence-corrected chi connectivity index (χ4v) is 3.08. The zero-order valence-corrected chi connectivity index (χ0v) is 13.3. The van der Waals surface area contributed by atoms with Crippen molar-refractivity contribution in [3.8, 4) is 11.3 Å². The number of rotatable bonds is 2. The molecule has 2 heterocycles. The number of pyridine rings is 1. The molecule has 0 atom stereocenters. The molecule has 0 unspecified atom stereocenters. The molecule has 3 rings (SSSR count). The third kappa shape index (κ3) is 3.06. The van der Waals surface area contributed by atoms with Gasteiger partial charge >= 0.3 is 0 Å². The highest BCUT2D eigenvalue weighted by atomic mass is 35.5. The summed E-state index contributed by atoms with van der Waals surface area (Å²) in [6, 6.07) is 13.7. The Bertz CT molecular complexity index is 831. The first-order chi connectivity index (χ1) is 10.1. The van der Waals surface area contributed by atoms with E-state index < -0.39 is 0 Å². The standard InChI is InChI=1S/C16H14ClN3S/c1-11-4-3-5-15(18-11)19-16-20(2)14(10-21-16)12-6-8-13(17)9-7-12/h3-10H,1-2H3/b19-16-. The van der Waals surface area contributed by atoms with Crippen LogP contribution in [0.15, 0.2) is 52.8 Å². The van der Waals surface area contributed by atoms with E-state index in [4.69, 9.17) is 11.6 Å². The second-order valence-electron chi connectivity index (χ2n) is 4.72. The van der Waals surface area contributed by atoms with Crippen molar-refractivity contribution < 1.29 is 0 Å². The molecular formula is C16H14ClN3S. The maximum Gasteiger partial charge on any atom is 0.191 e. The fraction of sp³-hybridized carbons (Fsp3) is 0.125. The van der Waals surface area contributed by atoms with Gasteiger partial charge in [-0.1, -0.05) is 29.8 Å². The predicted octanol–water partition coefficient (Wildman–Crippen LogP) is 4.34. The number of benzene rings is 1. The molecule has 0 radical (unpaired) electrons. The van der Waals surface area contributed by atoms with Crippen molar-refractivity contribution in [2.45, 2.75) is 6.92 Å². The monoisotopic (exact) mass is 315 g/mol. The van der Waals surface area contributed by atoms with Gasteiger partial charge in [-0.05, 0) is 36.8 Å². The van der Waals surface area contributed by atoms with Gasteiger partial charge in [-0.25, -0.2) is 9.98 Å². The van der Waals surface area contributed by atoms with Gasteiger partial charge in [0.05, 0.1) is 5.69 Å². The number of halogens is 1. The zero-order chi connectivity index (χ0) is 14.8. The topological polar surface area (TPSA) is 30.2 Å². The summed E-state index contributed by atoms with van der Waals surface area (Å²) in [5.41, 5.74) is 3.20. The summed E-state index contributed by atoms with van der Waals surface area (Å²) in [7, 11) is 2.01. The third-order valence-electron chi connectivity index (χ3n) is 3.15. The minimum atomic E-state index is 0.732. The third-order valence-corrected chi connectivity index (χ3v) is 4.32. The molecule has 0 N–H and O–H groups in total. The van der Waals surface area contributed by atoms with Crippen molar-refractivity contribution in [1.82, 2.24) is 9.55 Å². The molecule has 5 heteroatoms. The van der Waals surface area contributed by atoms with Crippen LogP contribution in [0.2, 0.25) is 5.02 Å². The first-order valence-corrected chi connectivity index (χ1v) is 7.78. The summed E-state index contributed by atoms with van der Waals surface area (Å²) in [5, 5.41) is 2.84. The van der Waals surface area contributed by atoms with Crippen LogP contribution in [0.1, 0.15) is 5.69 Å². The molecular weight excluding hydrogens is 302 g/mol. The Morgan fingerprint density at radius 2 is 1.90 bits per heavy atom. The van der Waals surface area contributed by atoms with Gasteiger partial charge < -0.3 is 4.57 Å². The number of hydrogen-bond donors (Lipinski definition) is 0. The first-order valence-electron chi connectivity index (χ1n) is 6.52. The van der Waals surface area contributed by atoms with E-state index in [0.717, 1.165) is 32.6 Å². The van der Waals surface area contributed by atoms with Gasteiger partial charge in [0.25, 0.3) is 0 Å². The predicted molar refractivity (Wildman–Crippen MR) is 87.9 cm³/mol. The molecule has 0 saturated carbocycles. The number of thiazole rings is 1. The van der Waals surface area contributed by atoms with Crippen LogP contribution < -0.4 is 4.80 Å². The maximum absolute atomic E-state index is 5.94. The highest BCUT2D eigenvalue weighted by molar-refractivity contribution is 7.07. The van der Waals surface area contributed by atoms with E-state index in [0.29, 0.717) is 0 Å². The van der Waals surface area contributed by atoms with Crippen molar-refractivity contribution in [3.05, 3.63) is 63.4 Å². The van der Waals surface area contributed by atoms with Crippen molar-refractivity contribution in [3.63, 3.8) is 0 Å². The molecule has 3 nitrogen and oxygen atoms in total. The highest BCUT2D eigenvalue weighted by Gasteiger charge is 2.05. The average Bonchev–Trinajstić information content (AvgIpc) is 2.81. The van der Waals surface area contributed by atoms with Crippen LogP contribution in [-0.4, -0.2) is 9.55 Å². The lowest BCUT2D eigenvalue weighted by atomic mass is 10.2. The number of hydrogen-bond acceptors (Lipinski definition) is 3. The van der Waals surface area contributed by atoms with Gasteiger partial charge in [-0.15, -0.1) is 11.3 Å². The van der Waals surface area contributed by atoms with Gasteiger partial charge in [0, 0.05) is 23.1 Å². The number of aryl methyl sites for hydroxylation is 1. The van der Waals surface area contributed by atoms with E-state index in [1.807, 2.05) is 56.4 Å². The molecule has 0 saturated heterocycles. The molecule has 0 aliphatic rings. The first kappa shape index (κ1) is 14.0. The van der Waals surface area contributed by atoms with Crippen LogP contribution >= 0.6 is 22.9 Å². The largest absolute Gasteiger partial charge is 0.320 e. The van der Waals surface area contributed by atoms with Crippen molar-refractivity contribution in [2.24, 2.45) is 12.0 Å². The molecule has 3 aromatic rings. The van der Waals surface area contributed by atoms with E-state index in [1.54, 1.807) is 11.3 Å². The maximum atomic E-state index is 5.94. The molecule has 0 aliphatic carbocycles. The van der Waals surface area contributed by atoms with Crippen LogP contribution in [0.25, 0.3) is 11.3 Å².